The summed E-state index contributed by atoms with van der Waals surface area (Å²) in [4.78, 5) is 10.4. The van der Waals surface area contributed by atoms with Gasteiger partial charge in [0.05, 0.1) is 12.0 Å². The largest absolute Gasteiger partial charge is 0.496 e. The van der Waals surface area contributed by atoms with Crippen molar-refractivity contribution in [2.45, 2.75) is 20.0 Å². The highest BCUT2D eigenvalue weighted by molar-refractivity contribution is 5.43. The van der Waals surface area contributed by atoms with E-state index in [1.165, 1.54) is 17.2 Å². The molecule has 0 atom stereocenters. The molecule has 5 nitrogen and oxygen atoms in total. The van der Waals surface area contributed by atoms with Crippen LogP contribution >= 0.6 is 0 Å². The predicted molar refractivity (Wildman–Crippen MR) is 81.4 cm³/mol. The summed E-state index contributed by atoms with van der Waals surface area (Å²) in [5.41, 5.74) is 3.28. The fourth-order valence-corrected chi connectivity index (χ4v) is 2.16. The number of ether oxygens (including phenoxy) is 1. The minimum absolute atomic E-state index is 0.0727. The van der Waals surface area contributed by atoms with Crippen molar-refractivity contribution < 1.29 is 9.66 Å². The SMILES string of the molecule is COc1ccc([N+](=O)[O-])cc1CNCc1ccccc1C. The van der Waals surface area contributed by atoms with Crippen LogP contribution in [0.5, 0.6) is 5.75 Å². The first kappa shape index (κ1) is 15.0. The summed E-state index contributed by atoms with van der Waals surface area (Å²) in [6, 6.07) is 12.7. The Morgan fingerprint density at radius 3 is 2.52 bits per heavy atom. The van der Waals surface area contributed by atoms with Crippen LogP contribution in [0, 0.1) is 17.0 Å². The van der Waals surface area contributed by atoms with E-state index in [-0.39, 0.29) is 5.69 Å². The first-order valence-corrected chi connectivity index (χ1v) is 6.68. The number of methoxy groups -OCH3 is 1. The van der Waals surface area contributed by atoms with Crippen LogP contribution < -0.4 is 10.1 Å². The molecule has 2 aromatic rings. The van der Waals surface area contributed by atoms with Crippen molar-refractivity contribution in [3.63, 3.8) is 0 Å². The number of aryl methyl sites for hydroxylation is 1. The fourth-order valence-electron chi connectivity index (χ4n) is 2.16. The topological polar surface area (TPSA) is 64.4 Å². The fraction of sp³-hybridized carbons (Fsp3) is 0.250. The number of benzene rings is 2. The van der Waals surface area contributed by atoms with E-state index >= 15 is 0 Å². The third kappa shape index (κ3) is 3.79. The van der Waals surface area contributed by atoms with Gasteiger partial charge in [-0.2, -0.15) is 0 Å². The molecule has 0 aliphatic heterocycles. The van der Waals surface area contributed by atoms with Crippen LogP contribution in [0.15, 0.2) is 42.5 Å². The molecule has 110 valence electrons. The first-order chi connectivity index (χ1) is 10.1. The molecule has 0 aliphatic carbocycles. The maximum atomic E-state index is 10.8. The average molecular weight is 286 g/mol. The molecule has 0 amide bonds. The van der Waals surface area contributed by atoms with Gasteiger partial charge in [0.2, 0.25) is 0 Å². The highest BCUT2D eigenvalue weighted by Crippen LogP contribution is 2.23. The van der Waals surface area contributed by atoms with Crippen molar-refractivity contribution in [3.8, 4) is 5.75 Å². The second-order valence-corrected chi connectivity index (χ2v) is 4.78. The van der Waals surface area contributed by atoms with Gasteiger partial charge in [-0.1, -0.05) is 24.3 Å². The van der Waals surface area contributed by atoms with Crippen LogP contribution in [0.25, 0.3) is 0 Å². The van der Waals surface area contributed by atoms with Crippen molar-refractivity contribution in [2.24, 2.45) is 0 Å². The maximum Gasteiger partial charge on any atom is 0.270 e. The minimum atomic E-state index is -0.399. The Bertz CT molecular complexity index is 641. The predicted octanol–water partition coefficient (Wildman–Crippen LogP) is 3.20. The van der Waals surface area contributed by atoms with E-state index in [0.29, 0.717) is 18.8 Å². The number of nitro benzene ring substituents is 1. The van der Waals surface area contributed by atoms with E-state index in [4.69, 9.17) is 4.74 Å². The zero-order valence-electron chi connectivity index (χ0n) is 12.1. The molecule has 0 aliphatic rings. The highest BCUT2D eigenvalue weighted by atomic mass is 16.6. The lowest BCUT2D eigenvalue weighted by Crippen LogP contribution is -2.14. The van der Waals surface area contributed by atoms with Crippen molar-refractivity contribution in [1.29, 1.82) is 0 Å². The first-order valence-electron chi connectivity index (χ1n) is 6.68. The van der Waals surface area contributed by atoms with Crippen molar-refractivity contribution in [1.82, 2.24) is 5.32 Å². The van der Waals surface area contributed by atoms with E-state index in [0.717, 1.165) is 5.56 Å². The quantitative estimate of drug-likeness (QED) is 0.654. The summed E-state index contributed by atoms with van der Waals surface area (Å²) >= 11 is 0. The summed E-state index contributed by atoms with van der Waals surface area (Å²) in [5.74, 6) is 0.651. The number of nitrogens with one attached hydrogen (secondary N) is 1. The molecule has 21 heavy (non-hydrogen) atoms. The molecule has 0 saturated carbocycles. The van der Waals surface area contributed by atoms with E-state index in [1.54, 1.807) is 19.2 Å². The van der Waals surface area contributed by atoms with Crippen LogP contribution in [0.3, 0.4) is 0 Å². The van der Waals surface area contributed by atoms with E-state index < -0.39 is 4.92 Å². The lowest BCUT2D eigenvalue weighted by molar-refractivity contribution is -0.384. The molecule has 0 spiro atoms. The zero-order chi connectivity index (χ0) is 15.2. The maximum absolute atomic E-state index is 10.8. The Kier molecular flexibility index (Phi) is 4.90. The van der Waals surface area contributed by atoms with E-state index in [1.807, 2.05) is 12.1 Å². The van der Waals surface area contributed by atoms with Gasteiger partial charge >= 0.3 is 0 Å². The van der Waals surface area contributed by atoms with Crippen molar-refractivity contribution in [3.05, 3.63) is 69.3 Å². The zero-order valence-corrected chi connectivity index (χ0v) is 12.1. The molecular weight excluding hydrogens is 268 g/mol. The third-order valence-electron chi connectivity index (χ3n) is 3.37. The molecule has 5 heteroatoms. The summed E-state index contributed by atoms with van der Waals surface area (Å²) in [5, 5.41) is 14.1. The molecule has 1 N–H and O–H groups in total. The molecule has 2 aromatic carbocycles. The Morgan fingerprint density at radius 2 is 1.86 bits per heavy atom. The van der Waals surface area contributed by atoms with Gasteiger partial charge in [-0.3, -0.25) is 10.1 Å². The molecule has 0 radical (unpaired) electrons. The minimum Gasteiger partial charge on any atom is -0.496 e. The summed E-state index contributed by atoms with van der Waals surface area (Å²) in [6.45, 7) is 3.28. The number of hydrogen-bond acceptors (Lipinski definition) is 4. The van der Waals surface area contributed by atoms with Gasteiger partial charge in [-0.25, -0.2) is 0 Å². The lowest BCUT2D eigenvalue weighted by Gasteiger charge is -2.10. The Hall–Kier alpha value is -2.40. The smallest absolute Gasteiger partial charge is 0.270 e. The number of nitrogens with zero attached hydrogens (tertiary/aromatic N) is 1. The molecule has 2 rings (SSSR count). The van der Waals surface area contributed by atoms with Crippen LogP contribution in [-0.4, -0.2) is 12.0 Å². The Balaban J connectivity index is 2.07. The van der Waals surface area contributed by atoms with E-state index in [2.05, 4.69) is 24.4 Å². The molecule has 0 heterocycles. The number of non-ortho nitro benzene ring substituents is 1. The molecule has 0 unspecified atom stereocenters. The third-order valence-corrected chi connectivity index (χ3v) is 3.37. The van der Waals surface area contributed by atoms with Gasteiger partial charge in [0.1, 0.15) is 5.75 Å². The van der Waals surface area contributed by atoms with Gasteiger partial charge in [0.15, 0.2) is 0 Å². The van der Waals surface area contributed by atoms with Gasteiger partial charge in [0, 0.05) is 30.8 Å². The summed E-state index contributed by atoms with van der Waals surface area (Å²) < 4.78 is 5.24. The molecular formula is C16H18N2O3. The van der Waals surface area contributed by atoms with Gasteiger partial charge in [-0.05, 0) is 24.1 Å². The normalized spacial score (nSPS) is 10.4. The molecule has 0 bridgehead atoms. The summed E-state index contributed by atoms with van der Waals surface area (Å²) in [7, 11) is 1.56. The van der Waals surface area contributed by atoms with Crippen molar-refractivity contribution >= 4 is 5.69 Å². The Morgan fingerprint density at radius 1 is 1.14 bits per heavy atom. The average Bonchev–Trinajstić information content (AvgIpc) is 2.49. The van der Waals surface area contributed by atoms with Crippen LogP contribution in [0.1, 0.15) is 16.7 Å². The van der Waals surface area contributed by atoms with Crippen LogP contribution in [0.2, 0.25) is 0 Å². The van der Waals surface area contributed by atoms with Crippen LogP contribution in [-0.2, 0) is 13.1 Å². The monoisotopic (exact) mass is 286 g/mol. The Labute approximate surface area is 123 Å². The van der Waals surface area contributed by atoms with E-state index in [9.17, 15) is 10.1 Å². The molecule has 0 aromatic heterocycles. The second-order valence-electron chi connectivity index (χ2n) is 4.78. The van der Waals surface area contributed by atoms with Gasteiger partial charge in [0.25, 0.3) is 5.69 Å². The number of rotatable bonds is 6. The second kappa shape index (κ2) is 6.85. The molecule has 0 saturated heterocycles. The standard InChI is InChI=1S/C16H18N2O3/c1-12-5-3-4-6-13(12)10-17-11-14-9-15(18(19)20)7-8-16(14)21-2/h3-9,17H,10-11H2,1-2H3. The number of hydrogen-bond donors (Lipinski definition) is 1. The number of nitro groups is 1. The van der Waals surface area contributed by atoms with Gasteiger partial charge < -0.3 is 10.1 Å². The lowest BCUT2D eigenvalue weighted by atomic mass is 10.1. The van der Waals surface area contributed by atoms with Crippen LogP contribution in [0.4, 0.5) is 5.69 Å². The molecule has 0 fully saturated rings. The highest BCUT2D eigenvalue weighted by Gasteiger charge is 2.11. The van der Waals surface area contributed by atoms with Crippen molar-refractivity contribution in [2.75, 3.05) is 7.11 Å². The van der Waals surface area contributed by atoms with Gasteiger partial charge in [-0.15, -0.1) is 0 Å². The summed E-state index contributed by atoms with van der Waals surface area (Å²) in [6.07, 6.45) is 0.